The van der Waals surface area contributed by atoms with Gasteiger partial charge in [0.1, 0.15) is 24.7 Å². The van der Waals surface area contributed by atoms with Crippen molar-refractivity contribution >= 4 is 5.65 Å². The molecule has 4 rings (SSSR count). The molecule has 0 saturated heterocycles. The standard InChI is InChI=1S/C18H19N7O5/c1-11-8-13(24-30-11)17-22-20-15-9-14(27-3)18(23-25(15)17)29-10-12-4-5-16(21-19-12)28-7-6-26-2/h4-5,8-9H,6-7,10H2,1-3H3. The Morgan fingerprint density at radius 1 is 1.00 bits per heavy atom. The third kappa shape index (κ3) is 4.12. The average Bonchev–Trinajstić information content (AvgIpc) is 3.38. The lowest BCUT2D eigenvalue weighted by Crippen LogP contribution is -2.08. The molecule has 0 fully saturated rings. The first kappa shape index (κ1) is 19.5. The predicted molar refractivity (Wildman–Crippen MR) is 101 cm³/mol. The zero-order valence-corrected chi connectivity index (χ0v) is 16.6. The van der Waals surface area contributed by atoms with Gasteiger partial charge in [-0.2, -0.15) is 4.52 Å². The van der Waals surface area contributed by atoms with Crippen LogP contribution < -0.4 is 14.2 Å². The van der Waals surface area contributed by atoms with Crippen LogP contribution in [0.1, 0.15) is 11.5 Å². The number of methoxy groups -OCH3 is 2. The first-order valence-corrected chi connectivity index (χ1v) is 8.99. The highest BCUT2D eigenvalue weighted by Gasteiger charge is 2.18. The maximum atomic E-state index is 5.81. The van der Waals surface area contributed by atoms with Crippen LogP contribution in [-0.2, 0) is 11.3 Å². The average molecular weight is 413 g/mol. The lowest BCUT2D eigenvalue weighted by atomic mass is 10.3. The van der Waals surface area contributed by atoms with Crippen LogP contribution in [0, 0.1) is 6.92 Å². The molecule has 0 aliphatic heterocycles. The van der Waals surface area contributed by atoms with Crippen molar-refractivity contribution in [2.24, 2.45) is 0 Å². The molecule has 30 heavy (non-hydrogen) atoms. The van der Waals surface area contributed by atoms with Crippen LogP contribution >= 0.6 is 0 Å². The largest absolute Gasteiger partial charge is 0.491 e. The van der Waals surface area contributed by atoms with Crippen molar-refractivity contribution in [3.05, 3.63) is 35.7 Å². The molecule has 0 aliphatic rings. The minimum Gasteiger partial charge on any atom is -0.491 e. The number of aryl methyl sites for hydroxylation is 1. The molecule has 0 aromatic carbocycles. The van der Waals surface area contributed by atoms with E-state index in [9.17, 15) is 0 Å². The summed E-state index contributed by atoms with van der Waals surface area (Å²) in [6, 6.07) is 6.88. The summed E-state index contributed by atoms with van der Waals surface area (Å²) in [6.45, 7) is 2.79. The molecule has 156 valence electrons. The van der Waals surface area contributed by atoms with E-state index in [1.165, 1.54) is 11.6 Å². The highest BCUT2D eigenvalue weighted by molar-refractivity contribution is 5.56. The minimum atomic E-state index is 0.126. The van der Waals surface area contributed by atoms with E-state index in [2.05, 4.69) is 30.7 Å². The maximum absolute atomic E-state index is 5.81. The number of hydrogen-bond donors (Lipinski definition) is 0. The topological polar surface area (TPSA) is 132 Å². The van der Waals surface area contributed by atoms with Crippen LogP contribution in [0.15, 0.2) is 28.8 Å². The third-order valence-corrected chi connectivity index (χ3v) is 3.99. The second-order valence-electron chi connectivity index (χ2n) is 6.13. The lowest BCUT2D eigenvalue weighted by molar-refractivity contribution is 0.143. The molecule has 0 radical (unpaired) electrons. The Labute approximate surface area is 170 Å². The van der Waals surface area contributed by atoms with Crippen LogP contribution in [0.25, 0.3) is 17.2 Å². The van der Waals surface area contributed by atoms with E-state index in [0.29, 0.717) is 53.5 Å². The smallest absolute Gasteiger partial charge is 0.275 e. The number of aromatic nitrogens is 7. The van der Waals surface area contributed by atoms with Crippen LogP contribution in [-0.4, -0.2) is 62.6 Å². The van der Waals surface area contributed by atoms with Gasteiger partial charge < -0.3 is 23.5 Å². The quantitative estimate of drug-likeness (QED) is 0.370. The molecular formula is C18H19N7O5. The van der Waals surface area contributed by atoms with E-state index in [0.717, 1.165) is 0 Å². The molecule has 0 amide bonds. The predicted octanol–water partition coefficient (Wildman–Crippen LogP) is 1.49. The van der Waals surface area contributed by atoms with E-state index in [-0.39, 0.29) is 12.5 Å². The first-order valence-electron chi connectivity index (χ1n) is 8.99. The number of fused-ring (bicyclic) bond motifs is 1. The van der Waals surface area contributed by atoms with E-state index >= 15 is 0 Å². The molecule has 12 nitrogen and oxygen atoms in total. The van der Waals surface area contributed by atoms with Crippen molar-refractivity contribution in [1.29, 1.82) is 0 Å². The maximum Gasteiger partial charge on any atom is 0.275 e. The van der Waals surface area contributed by atoms with Gasteiger partial charge in [0.05, 0.1) is 13.7 Å². The molecule has 0 aliphatic carbocycles. The second-order valence-corrected chi connectivity index (χ2v) is 6.13. The number of hydrogen-bond acceptors (Lipinski definition) is 11. The molecule has 0 unspecified atom stereocenters. The Morgan fingerprint density at radius 2 is 1.90 bits per heavy atom. The zero-order valence-electron chi connectivity index (χ0n) is 16.6. The highest BCUT2D eigenvalue weighted by Crippen LogP contribution is 2.28. The SMILES string of the molecule is COCCOc1ccc(COc2nn3c(-c4cc(C)on4)nnc3cc2OC)nn1. The van der Waals surface area contributed by atoms with Gasteiger partial charge in [-0.15, -0.1) is 25.5 Å². The molecule has 12 heteroatoms. The van der Waals surface area contributed by atoms with Crippen molar-refractivity contribution in [2.75, 3.05) is 27.4 Å². The van der Waals surface area contributed by atoms with Gasteiger partial charge in [-0.05, 0) is 13.0 Å². The monoisotopic (exact) mass is 413 g/mol. The van der Waals surface area contributed by atoms with Crippen molar-refractivity contribution in [3.63, 3.8) is 0 Å². The highest BCUT2D eigenvalue weighted by atomic mass is 16.5. The molecule has 4 aromatic heterocycles. The summed E-state index contributed by atoms with van der Waals surface area (Å²) in [6.07, 6.45) is 0. The summed E-state index contributed by atoms with van der Waals surface area (Å²) < 4.78 is 28.1. The van der Waals surface area contributed by atoms with Gasteiger partial charge in [0.25, 0.3) is 5.88 Å². The van der Waals surface area contributed by atoms with Crippen molar-refractivity contribution < 1.29 is 23.5 Å². The number of rotatable bonds is 9. The number of nitrogens with zero attached hydrogens (tertiary/aromatic N) is 7. The van der Waals surface area contributed by atoms with Crippen LogP contribution in [0.5, 0.6) is 17.5 Å². The Hall–Kier alpha value is -3.80. The van der Waals surface area contributed by atoms with Gasteiger partial charge in [0, 0.05) is 25.3 Å². The number of ether oxygens (including phenoxy) is 4. The summed E-state index contributed by atoms with van der Waals surface area (Å²) >= 11 is 0. The van der Waals surface area contributed by atoms with Gasteiger partial charge in [-0.3, -0.25) is 0 Å². The first-order chi connectivity index (χ1) is 14.7. The van der Waals surface area contributed by atoms with Gasteiger partial charge >= 0.3 is 0 Å². The van der Waals surface area contributed by atoms with E-state index < -0.39 is 0 Å². The summed E-state index contributed by atoms with van der Waals surface area (Å²) in [5.74, 6) is 2.13. The third-order valence-electron chi connectivity index (χ3n) is 3.99. The molecule has 0 saturated carbocycles. The van der Waals surface area contributed by atoms with Gasteiger partial charge in [-0.1, -0.05) is 5.16 Å². The molecule has 0 atom stereocenters. The van der Waals surface area contributed by atoms with E-state index in [4.69, 9.17) is 23.5 Å². The van der Waals surface area contributed by atoms with Crippen molar-refractivity contribution in [3.8, 4) is 29.0 Å². The second kappa shape index (κ2) is 8.69. The van der Waals surface area contributed by atoms with Crippen LogP contribution in [0.3, 0.4) is 0 Å². The summed E-state index contributed by atoms with van der Waals surface area (Å²) in [7, 11) is 3.12. The van der Waals surface area contributed by atoms with Crippen molar-refractivity contribution in [2.45, 2.75) is 13.5 Å². The Bertz CT molecular complexity index is 1130. The normalized spacial score (nSPS) is 11.0. The van der Waals surface area contributed by atoms with Crippen LogP contribution in [0.2, 0.25) is 0 Å². The Kier molecular flexibility index (Phi) is 5.66. The Morgan fingerprint density at radius 3 is 2.60 bits per heavy atom. The Balaban J connectivity index is 1.53. The van der Waals surface area contributed by atoms with Gasteiger partial charge in [0.15, 0.2) is 17.1 Å². The molecule has 0 spiro atoms. The molecular weight excluding hydrogens is 394 g/mol. The van der Waals surface area contributed by atoms with E-state index in [1.54, 1.807) is 38.3 Å². The fourth-order valence-electron chi connectivity index (χ4n) is 2.55. The molecule has 4 heterocycles. The van der Waals surface area contributed by atoms with Crippen molar-refractivity contribution in [1.82, 2.24) is 35.2 Å². The van der Waals surface area contributed by atoms with Crippen LogP contribution in [0.4, 0.5) is 0 Å². The molecule has 4 aromatic rings. The minimum absolute atomic E-state index is 0.126. The summed E-state index contributed by atoms with van der Waals surface area (Å²) in [5, 5.41) is 24.7. The zero-order chi connectivity index (χ0) is 20.9. The lowest BCUT2D eigenvalue weighted by Gasteiger charge is -2.10. The molecule has 0 N–H and O–H groups in total. The summed E-state index contributed by atoms with van der Waals surface area (Å²) in [5.41, 5.74) is 1.58. The fourth-order valence-corrected chi connectivity index (χ4v) is 2.55. The van der Waals surface area contributed by atoms with Gasteiger partial charge in [0.2, 0.25) is 11.7 Å². The fraction of sp³-hybridized carbons (Fsp3) is 0.333. The van der Waals surface area contributed by atoms with Gasteiger partial charge in [-0.25, -0.2) is 0 Å². The van der Waals surface area contributed by atoms with E-state index in [1.807, 2.05) is 0 Å². The molecule has 0 bridgehead atoms. The summed E-state index contributed by atoms with van der Waals surface area (Å²) in [4.78, 5) is 0.